The molecule has 0 fully saturated rings. The minimum atomic E-state index is -0.129. The fourth-order valence-corrected chi connectivity index (χ4v) is 7.46. The van der Waals surface area contributed by atoms with Crippen LogP contribution in [-0.4, -0.2) is 9.97 Å². The van der Waals surface area contributed by atoms with Crippen LogP contribution in [0.5, 0.6) is 0 Å². The number of nitrogens with zero attached hydrogens (tertiary/aromatic N) is 3. The molecule has 0 aliphatic heterocycles. The maximum atomic E-state index is 9.12. The van der Waals surface area contributed by atoms with Crippen molar-refractivity contribution >= 4 is 22.0 Å². The lowest BCUT2D eigenvalue weighted by atomic mass is 9.75. The Balaban J connectivity index is 1.16. The Morgan fingerprint density at radius 2 is 1.18 bits per heavy atom. The van der Waals surface area contributed by atoms with Crippen LogP contribution in [0.25, 0.3) is 55.6 Å². The van der Waals surface area contributed by atoms with Crippen molar-refractivity contribution in [2.24, 2.45) is 0 Å². The third-order valence-corrected chi connectivity index (χ3v) is 9.75. The number of hydrogen-bond donors (Lipinski definition) is 0. The summed E-state index contributed by atoms with van der Waals surface area (Å²) < 4.78 is 0. The Labute approximate surface area is 258 Å². The summed E-state index contributed by atoms with van der Waals surface area (Å²) in [6.45, 7) is 9.49. The first-order chi connectivity index (χ1) is 21.3. The number of pyridine rings is 2. The molecule has 0 radical (unpaired) electrons. The molecule has 0 spiro atoms. The van der Waals surface area contributed by atoms with Crippen LogP contribution in [0.1, 0.15) is 55.5 Å². The summed E-state index contributed by atoms with van der Waals surface area (Å²) >= 11 is 0. The summed E-state index contributed by atoms with van der Waals surface area (Å²) in [5.74, 6) is 0. The molecule has 0 atom stereocenters. The Morgan fingerprint density at radius 3 is 1.84 bits per heavy atom. The van der Waals surface area contributed by atoms with Gasteiger partial charge in [-0.1, -0.05) is 82.3 Å². The molecule has 210 valence electrons. The van der Waals surface area contributed by atoms with Crippen molar-refractivity contribution in [1.82, 2.24) is 9.97 Å². The molecule has 0 unspecified atom stereocenters. The molecule has 0 saturated carbocycles. The van der Waals surface area contributed by atoms with E-state index in [1.165, 1.54) is 44.5 Å². The van der Waals surface area contributed by atoms with E-state index in [9.17, 15) is 0 Å². The van der Waals surface area contributed by atoms with Crippen LogP contribution in [0.3, 0.4) is 0 Å². The average Bonchev–Trinajstić information content (AvgIpc) is 3.45. The van der Waals surface area contributed by atoms with Crippen LogP contribution in [0.4, 0.5) is 0 Å². The van der Waals surface area contributed by atoms with Crippen LogP contribution in [0.15, 0.2) is 116 Å². The number of nitriles is 1. The Bertz CT molecular complexity index is 2210. The van der Waals surface area contributed by atoms with Crippen LogP contribution < -0.4 is 0 Å². The first-order valence-electron chi connectivity index (χ1n) is 15.1. The topological polar surface area (TPSA) is 49.6 Å². The number of rotatable bonds is 3. The molecule has 2 aromatic heterocycles. The monoisotopic (exact) mass is 565 g/mol. The zero-order valence-corrected chi connectivity index (χ0v) is 25.3. The van der Waals surface area contributed by atoms with Gasteiger partial charge in [0.15, 0.2) is 0 Å². The van der Waals surface area contributed by atoms with Crippen molar-refractivity contribution in [3.63, 3.8) is 0 Å². The molecule has 2 heterocycles. The molecule has 0 bridgehead atoms. The maximum absolute atomic E-state index is 9.12. The second kappa shape index (κ2) is 9.33. The first-order valence-corrected chi connectivity index (χ1v) is 15.1. The van der Waals surface area contributed by atoms with Gasteiger partial charge in [0.05, 0.1) is 22.8 Å². The van der Waals surface area contributed by atoms with Crippen molar-refractivity contribution in [3.05, 3.63) is 143 Å². The highest BCUT2D eigenvalue weighted by Gasteiger charge is 2.49. The van der Waals surface area contributed by atoms with E-state index in [1.54, 1.807) is 0 Å². The molecule has 4 aromatic carbocycles. The van der Waals surface area contributed by atoms with E-state index in [-0.39, 0.29) is 10.8 Å². The first kappa shape index (κ1) is 26.3. The second-order valence-electron chi connectivity index (χ2n) is 13.1. The average molecular weight is 566 g/mol. The van der Waals surface area contributed by atoms with E-state index >= 15 is 0 Å². The highest BCUT2D eigenvalue weighted by atomic mass is 14.7. The van der Waals surface area contributed by atoms with Gasteiger partial charge < -0.3 is 0 Å². The lowest BCUT2D eigenvalue weighted by Crippen LogP contribution is -2.19. The number of benzene rings is 4. The summed E-state index contributed by atoms with van der Waals surface area (Å²) in [6.07, 6.45) is 3.86. The van der Waals surface area contributed by atoms with Crippen molar-refractivity contribution < 1.29 is 0 Å². The molecule has 0 saturated heterocycles. The molecule has 44 heavy (non-hydrogen) atoms. The molecule has 0 amide bonds. The number of fused-ring (bicyclic) bond motifs is 5. The minimum Gasteiger partial charge on any atom is -0.256 e. The van der Waals surface area contributed by atoms with Gasteiger partial charge in [-0.15, -0.1) is 0 Å². The van der Waals surface area contributed by atoms with Crippen molar-refractivity contribution in [2.45, 2.75) is 38.5 Å². The quantitative estimate of drug-likeness (QED) is 0.215. The van der Waals surface area contributed by atoms with Crippen molar-refractivity contribution in [1.29, 1.82) is 5.26 Å². The largest absolute Gasteiger partial charge is 0.256 e. The molecule has 0 N–H and O–H groups in total. The van der Waals surface area contributed by atoms with E-state index < -0.39 is 0 Å². The van der Waals surface area contributed by atoms with Gasteiger partial charge in [0.2, 0.25) is 0 Å². The SMILES string of the molecule is CC1(C)C2=C(c3ccc(-c4cnc5cc(-c6ccc(C#N)cc6)ccc5c4)cc31)C(C)(C)c1cc(-c3ccccn3)ccc12. The van der Waals surface area contributed by atoms with Gasteiger partial charge in [0.25, 0.3) is 0 Å². The third-order valence-electron chi connectivity index (χ3n) is 9.75. The van der Waals surface area contributed by atoms with Crippen LogP contribution in [0.2, 0.25) is 0 Å². The lowest BCUT2D eigenvalue weighted by molar-refractivity contribution is 0.694. The van der Waals surface area contributed by atoms with Crippen LogP contribution >= 0.6 is 0 Å². The molecule has 2 aliphatic rings. The molecular weight excluding hydrogens is 534 g/mol. The van der Waals surface area contributed by atoms with Gasteiger partial charge in [-0.3, -0.25) is 9.97 Å². The number of aromatic nitrogens is 2. The summed E-state index contributed by atoms with van der Waals surface area (Å²) in [5.41, 5.74) is 16.4. The molecule has 2 aliphatic carbocycles. The normalized spacial score (nSPS) is 15.5. The molecule has 8 rings (SSSR count). The molecule has 3 nitrogen and oxygen atoms in total. The summed E-state index contributed by atoms with van der Waals surface area (Å²) in [4.78, 5) is 9.49. The van der Waals surface area contributed by atoms with E-state index in [1.807, 2.05) is 42.7 Å². The smallest absolute Gasteiger partial charge is 0.0991 e. The van der Waals surface area contributed by atoms with Gasteiger partial charge in [-0.05, 0) is 98.6 Å². The predicted molar refractivity (Wildman–Crippen MR) is 180 cm³/mol. The van der Waals surface area contributed by atoms with Crippen LogP contribution in [-0.2, 0) is 10.8 Å². The lowest BCUT2D eigenvalue weighted by Gasteiger charge is -2.28. The zero-order chi connectivity index (χ0) is 30.2. The summed E-state index contributed by atoms with van der Waals surface area (Å²) in [5, 5.41) is 10.2. The highest BCUT2D eigenvalue weighted by molar-refractivity contribution is 6.10. The van der Waals surface area contributed by atoms with Crippen molar-refractivity contribution in [3.8, 4) is 39.6 Å². The van der Waals surface area contributed by atoms with Crippen LogP contribution in [0, 0.1) is 11.3 Å². The van der Waals surface area contributed by atoms with Gasteiger partial charge >= 0.3 is 0 Å². The Hall–Kier alpha value is -5.33. The summed E-state index contributed by atoms with van der Waals surface area (Å²) in [6, 6.07) is 38.5. The fourth-order valence-electron chi connectivity index (χ4n) is 7.46. The van der Waals surface area contributed by atoms with Gasteiger partial charge in [0.1, 0.15) is 0 Å². The van der Waals surface area contributed by atoms with Gasteiger partial charge in [-0.2, -0.15) is 5.26 Å². The minimum absolute atomic E-state index is 0.114. The fraction of sp³-hybridized carbons (Fsp3) is 0.146. The van der Waals surface area contributed by atoms with Gasteiger partial charge in [-0.25, -0.2) is 0 Å². The number of hydrogen-bond acceptors (Lipinski definition) is 3. The third kappa shape index (κ3) is 3.81. The Morgan fingerprint density at radius 1 is 0.568 bits per heavy atom. The van der Waals surface area contributed by atoms with E-state index in [0.717, 1.165) is 33.3 Å². The van der Waals surface area contributed by atoms with E-state index in [2.05, 4.69) is 112 Å². The second-order valence-corrected chi connectivity index (χ2v) is 13.1. The maximum Gasteiger partial charge on any atom is 0.0991 e. The highest BCUT2D eigenvalue weighted by Crippen LogP contribution is 2.63. The Kier molecular flexibility index (Phi) is 5.58. The predicted octanol–water partition coefficient (Wildman–Crippen LogP) is 10.00. The summed E-state index contributed by atoms with van der Waals surface area (Å²) in [7, 11) is 0. The molecule has 3 heteroatoms. The molecular formula is C41H31N3. The number of allylic oxidation sites excluding steroid dienone is 2. The van der Waals surface area contributed by atoms with E-state index in [0.29, 0.717) is 5.56 Å². The van der Waals surface area contributed by atoms with E-state index in [4.69, 9.17) is 10.2 Å². The standard InChI is InChI=1S/C41H31N3/c1-40(2)34-20-27(31-19-29-13-12-28(22-37(29)44-24-31)26-10-8-25(23-42)9-11-26)14-16-32(34)38-39(40)33-17-15-30(21-35(33)41(38,3)4)36-7-5-6-18-43-36/h5-22,24H,1-4H3. The van der Waals surface area contributed by atoms with Gasteiger partial charge in [0, 0.05) is 39.7 Å². The molecule has 6 aromatic rings. The zero-order valence-electron chi connectivity index (χ0n) is 25.3. The van der Waals surface area contributed by atoms with Crippen molar-refractivity contribution in [2.75, 3.05) is 0 Å².